The van der Waals surface area contributed by atoms with Crippen LogP contribution in [0, 0.1) is 23.3 Å². The van der Waals surface area contributed by atoms with Gasteiger partial charge in [0.15, 0.2) is 17.5 Å². The molecular weight excluding hydrogens is 246 g/mol. The highest BCUT2D eigenvalue weighted by atomic mass is 19.2. The zero-order chi connectivity index (χ0) is 13.3. The number of nitrogens with two attached hydrogens (primary N) is 1. The van der Waals surface area contributed by atoms with Gasteiger partial charge < -0.3 is 5.73 Å². The maximum Gasteiger partial charge on any atom is 0.194 e. The summed E-state index contributed by atoms with van der Waals surface area (Å²) in [6.45, 7) is 0. The van der Waals surface area contributed by atoms with Crippen molar-refractivity contribution in [3.8, 4) is 0 Å². The van der Waals surface area contributed by atoms with Crippen LogP contribution >= 0.6 is 0 Å². The average molecular weight is 255 g/mol. The van der Waals surface area contributed by atoms with Gasteiger partial charge in [-0.3, -0.25) is 0 Å². The van der Waals surface area contributed by atoms with Crippen LogP contribution in [-0.2, 0) is 0 Å². The van der Waals surface area contributed by atoms with Gasteiger partial charge >= 0.3 is 0 Å². The van der Waals surface area contributed by atoms with Crippen LogP contribution in [0.3, 0.4) is 0 Å². The molecule has 5 heteroatoms. The molecule has 1 nitrogen and oxygen atoms in total. The van der Waals surface area contributed by atoms with Crippen LogP contribution in [0.5, 0.6) is 0 Å². The molecule has 1 unspecified atom stereocenters. The minimum atomic E-state index is -1.55. The fourth-order valence-corrected chi connectivity index (χ4v) is 1.65. The highest BCUT2D eigenvalue weighted by Crippen LogP contribution is 2.23. The molecule has 0 aliphatic heterocycles. The molecule has 94 valence electrons. The molecule has 1 atom stereocenters. The van der Waals surface area contributed by atoms with Gasteiger partial charge in [0, 0.05) is 0 Å². The predicted molar refractivity (Wildman–Crippen MR) is 58.7 cm³/mol. The van der Waals surface area contributed by atoms with Crippen molar-refractivity contribution in [2.75, 3.05) is 0 Å². The molecule has 2 aromatic carbocycles. The summed E-state index contributed by atoms with van der Waals surface area (Å²) in [5.74, 6) is -4.70. The van der Waals surface area contributed by atoms with E-state index < -0.39 is 29.3 Å². The Morgan fingerprint density at radius 2 is 1.44 bits per heavy atom. The van der Waals surface area contributed by atoms with Crippen molar-refractivity contribution >= 4 is 0 Å². The third-order valence-corrected chi connectivity index (χ3v) is 2.57. The minimum Gasteiger partial charge on any atom is -0.320 e. The fourth-order valence-electron chi connectivity index (χ4n) is 1.65. The van der Waals surface area contributed by atoms with Crippen LogP contribution in [-0.4, -0.2) is 0 Å². The van der Waals surface area contributed by atoms with E-state index in [1.165, 1.54) is 18.2 Å². The summed E-state index contributed by atoms with van der Waals surface area (Å²) in [4.78, 5) is 0. The standard InChI is InChI=1S/C13H9F4N/c14-9-3-1-2-7(4-9)13(18)8-5-10(15)12(17)11(16)6-8/h1-6,13H,18H2. The largest absolute Gasteiger partial charge is 0.320 e. The Morgan fingerprint density at radius 1 is 0.833 bits per heavy atom. The molecule has 0 saturated carbocycles. The Bertz CT molecular complexity index is 560. The van der Waals surface area contributed by atoms with Crippen LogP contribution in [0.15, 0.2) is 36.4 Å². The van der Waals surface area contributed by atoms with Crippen LogP contribution in [0.1, 0.15) is 17.2 Å². The normalized spacial score (nSPS) is 12.5. The van der Waals surface area contributed by atoms with E-state index in [1.54, 1.807) is 0 Å². The molecule has 0 aliphatic carbocycles. The van der Waals surface area contributed by atoms with Crippen molar-refractivity contribution in [2.24, 2.45) is 5.73 Å². The van der Waals surface area contributed by atoms with Crippen molar-refractivity contribution < 1.29 is 17.6 Å². The molecule has 2 rings (SSSR count). The number of halogens is 4. The first-order valence-corrected chi connectivity index (χ1v) is 5.14. The van der Waals surface area contributed by atoms with Gasteiger partial charge in [0.2, 0.25) is 0 Å². The summed E-state index contributed by atoms with van der Waals surface area (Å²) in [6.07, 6.45) is 0. The Balaban J connectivity index is 2.43. The molecule has 0 amide bonds. The summed E-state index contributed by atoms with van der Waals surface area (Å²) in [5, 5.41) is 0. The monoisotopic (exact) mass is 255 g/mol. The van der Waals surface area contributed by atoms with Gasteiger partial charge in [0.1, 0.15) is 5.82 Å². The third-order valence-electron chi connectivity index (χ3n) is 2.57. The molecule has 2 N–H and O–H groups in total. The lowest BCUT2D eigenvalue weighted by atomic mass is 9.99. The Labute approximate surface area is 101 Å². The number of hydrogen-bond donors (Lipinski definition) is 1. The first-order chi connectivity index (χ1) is 8.49. The van der Waals surface area contributed by atoms with Crippen molar-refractivity contribution in [1.29, 1.82) is 0 Å². The van der Waals surface area contributed by atoms with E-state index >= 15 is 0 Å². The number of rotatable bonds is 2. The predicted octanol–water partition coefficient (Wildman–Crippen LogP) is 3.29. The Kier molecular flexibility index (Phi) is 3.34. The maximum absolute atomic E-state index is 13.1. The first-order valence-electron chi connectivity index (χ1n) is 5.14. The Morgan fingerprint density at radius 3 is 2.00 bits per heavy atom. The lowest BCUT2D eigenvalue weighted by Gasteiger charge is -2.13. The van der Waals surface area contributed by atoms with Crippen molar-refractivity contribution in [2.45, 2.75) is 6.04 Å². The molecule has 0 spiro atoms. The number of benzene rings is 2. The van der Waals surface area contributed by atoms with Crippen molar-refractivity contribution in [1.82, 2.24) is 0 Å². The molecule has 0 aromatic heterocycles. The van der Waals surface area contributed by atoms with Gasteiger partial charge in [0.05, 0.1) is 6.04 Å². The summed E-state index contributed by atoms with van der Waals surface area (Å²) >= 11 is 0. The van der Waals surface area contributed by atoms with Gasteiger partial charge in [0.25, 0.3) is 0 Å². The van der Waals surface area contributed by atoms with Crippen LogP contribution in [0.4, 0.5) is 17.6 Å². The van der Waals surface area contributed by atoms with Crippen molar-refractivity contribution in [3.63, 3.8) is 0 Å². The second-order valence-corrected chi connectivity index (χ2v) is 3.83. The zero-order valence-electron chi connectivity index (χ0n) is 9.13. The lowest BCUT2D eigenvalue weighted by Crippen LogP contribution is -2.13. The maximum atomic E-state index is 13.1. The van der Waals surface area contributed by atoms with Crippen LogP contribution in [0.2, 0.25) is 0 Å². The zero-order valence-corrected chi connectivity index (χ0v) is 9.13. The van der Waals surface area contributed by atoms with E-state index in [1.807, 2.05) is 0 Å². The average Bonchev–Trinajstić information content (AvgIpc) is 2.34. The molecule has 2 aromatic rings. The Hall–Kier alpha value is -1.88. The van der Waals surface area contributed by atoms with E-state index in [9.17, 15) is 17.6 Å². The lowest BCUT2D eigenvalue weighted by molar-refractivity contribution is 0.444. The SMILES string of the molecule is NC(c1cccc(F)c1)c1cc(F)c(F)c(F)c1. The van der Waals surface area contributed by atoms with E-state index in [0.717, 1.165) is 18.2 Å². The smallest absolute Gasteiger partial charge is 0.194 e. The second kappa shape index (κ2) is 4.78. The van der Waals surface area contributed by atoms with Gasteiger partial charge in [-0.15, -0.1) is 0 Å². The van der Waals surface area contributed by atoms with E-state index in [4.69, 9.17) is 5.73 Å². The summed E-state index contributed by atoms with van der Waals surface area (Å²) in [5.41, 5.74) is 6.14. The van der Waals surface area contributed by atoms with Gasteiger partial charge in [-0.2, -0.15) is 0 Å². The van der Waals surface area contributed by atoms with Crippen LogP contribution in [0.25, 0.3) is 0 Å². The topological polar surface area (TPSA) is 26.0 Å². The van der Waals surface area contributed by atoms with Gasteiger partial charge in [-0.1, -0.05) is 12.1 Å². The molecular formula is C13H9F4N. The fraction of sp³-hybridized carbons (Fsp3) is 0.0769. The summed E-state index contributed by atoms with van der Waals surface area (Å²) in [7, 11) is 0. The summed E-state index contributed by atoms with van der Waals surface area (Å²) < 4.78 is 51.9. The quantitative estimate of drug-likeness (QED) is 0.646. The molecule has 0 heterocycles. The highest BCUT2D eigenvalue weighted by Gasteiger charge is 2.16. The number of hydrogen-bond acceptors (Lipinski definition) is 1. The minimum absolute atomic E-state index is 0.0389. The van der Waals surface area contributed by atoms with E-state index in [-0.39, 0.29) is 5.56 Å². The molecule has 0 radical (unpaired) electrons. The molecule has 0 aliphatic rings. The highest BCUT2D eigenvalue weighted by molar-refractivity contribution is 5.32. The van der Waals surface area contributed by atoms with Crippen molar-refractivity contribution in [3.05, 3.63) is 70.8 Å². The first kappa shape index (κ1) is 12.6. The van der Waals surface area contributed by atoms with Crippen LogP contribution < -0.4 is 5.73 Å². The second-order valence-electron chi connectivity index (χ2n) is 3.83. The van der Waals surface area contributed by atoms with E-state index in [0.29, 0.717) is 5.56 Å². The third kappa shape index (κ3) is 2.36. The molecule has 18 heavy (non-hydrogen) atoms. The van der Waals surface area contributed by atoms with Gasteiger partial charge in [-0.25, -0.2) is 17.6 Å². The van der Waals surface area contributed by atoms with E-state index in [2.05, 4.69) is 0 Å². The van der Waals surface area contributed by atoms with Gasteiger partial charge in [-0.05, 0) is 35.4 Å². The molecule has 0 fully saturated rings. The molecule has 0 saturated heterocycles. The summed E-state index contributed by atoms with van der Waals surface area (Å²) in [6, 6.07) is 6.01. The molecule has 0 bridgehead atoms.